The van der Waals surface area contributed by atoms with Gasteiger partial charge >= 0.3 is 0 Å². The third-order valence-corrected chi connectivity index (χ3v) is 3.14. The van der Waals surface area contributed by atoms with Crippen LogP contribution in [0.4, 0.5) is 0 Å². The molecule has 0 aliphatic rings. The van der Waals surface area contributed by atoms with Gasteiger partial charge in [0.2, 0.25) is 5.78 Å². The summed E-state index contributed by atoms with van der Waals surface area (Å²) in [7, 11) is 0. The molecule has 1 heteroatoms. The van der Waals surface area contributed by atoms with Gasteiger partial charge in [-0.1, -0.05) is 61.4 Å². The monoisotopic (exact) mass is 286 g/mol. The maximum Gasteiger partial charge on any atom is 0.237 e. The van der Waals surface area contributed by atoms with E-state index in [0.717, 1.165) is 30.4 Å². The van der Waals surface area contributed by atoms with E-state index in [1.54, 1.807) is 6.07 Å². The Bertz CT molecular complexity index is 749. The fourth-order valence-electron chi connectivity index (χ4n) is 1.93. The lowest BCUT2D eigenvalue weighted by molar-refractivity contribution is 0.105. The number of carbonyl (C=O) groups is 1. The molecule has 2 rings (SSSR count). The Labute approximate surface area is 132 Å². The van der Waals surface area contributed by atoms with Crippen LogP contribution < -0.4 is 0 Å². The Morgan fingerprint density at radius 3 is 2.45 bits per heavy atom. The average Bonchev–Trinajstić information content (AvgIpc) is 2.58. The molecule has 1 nitrogen and oxygen atoms in total. The van der Waals surface area contributed by atoms with E-state index in [4.69, 9.17) is 0 Å². The lowest BCUT2D eigenvalue weighted by Gasteiger charge is -1.98. The van der Waals surface area contributed by atoms with Gasteiger partial charge in [0.05, 0.1) is 0 Å². The maximum atomic E-state index is 12.3. The zero-order valence-electron chi connectivity index (χ0n) is 12.7. The minimum atomic E-state index is -0.191. The lowest BCUT2D eigenvalue weighted by Crippen LogP contribution is -1.98. The van der Waals surface area contributed by atoms with Crippen LogP contribution in [0.3, 0.4) is 0 Å². The molecule has 2 aromatic carbocycles. The van der Waals surface area contributed by atoms with Gasteiger partial charge in [0, 0.05) is 23.1 Å². The molecule has 0 atom stereocenters. The quantitative estimate of drug-likeness (QED) is 0.462. The molecule has 0 aliphatic carbocycles. The summed E-state index contributed by atoms with van der Waals surface area (Å²) in [6.45, 7) is 2.14. The van der Waals surface area contributed by atoms with Crippen LogP contribution in [0.25, 0.3) is 0 Å². The van der Waals surface area contributed by atoms with E-state index in [2.05, 4.69) is 30.6 Å². The summed E-state index contributed by atoms with van der Waals surface area (Å²) in [6, 6.07) is 16.9. The Balaban J connectivity index is 2.19. The standard InChI is InChI=1S/C21H18O/c1-2-3-4-8-13-19-14-9-10-15-20(19)21(22)17-16-18-11-6-5-7-12-18/h5-7,9-12,14-15H,2-4H2,1H3. The van der Waals surface area contributed by atoms with Crippen LogP contribution in [-0.2, 0) is 0 Å². The minimum absolute atomic E-state index is 0.191. The number of rotatable bonds is 3. The SMILES string of the molecule is CCCCC#Cc1ccccc1C(=O)C#Cc1ccccc1. The lowest BCUT2D eigenvalue weighted by atomic mass is 10.0. The number of hydrogen-bond acceptors (Lipinski definition) is 1. The average molecular weight is 286 g/mol. The van der Waals surface area contributed by atoms with Gasteiger partial charge in [-0.15, -0.1) is 0 Å². The fraction of sp³-hybridized carbons (Fsp3) is 0.190. The summed E-state index contributed by atoms with van der Waals surface area (Å²) in [5, 5.41) is 0. The molecule has 0 heterocycles. The van der Waals surface area contributed by atoms with Crippen molar-refractivity contribution in [2.75, 3.05) is 0 Å². The molecule has 0 aromatic heterocycles. The highest BCUT2D eigenvalue weighted by Gasteiger charge is 2.06. The molecule has 0 saturated heterocycles. The van der Waals surface area contributed by atoms with Crippen molar-refractivity contribution in [3.63, 3.8) is 0 Å². The second-order valence-electron chi connectivity index (χ2n) is 4.90. The third kappa shape index (κ3) is 4.65. The summed E-state index contributed by atoms with van der Waals surface area (Å²) >= 11 is 0. The Hall–Kier alpha value is -2.77. The molecule has 108 valence electrons. The summed E-state index contributed by atoms with van der Waals surface area (Å²) in [5.74, 6) is 11.6. The number of Topliss-reactive ketones (excluding diaryl/α,β-unsaturated/α-hetero) is 1. The van der Waals surface area contributed by atoms with E-state index in [1.807, 2.05) is 48.5 Å². The van der Waals surface area contributed by atoms with Crippen molar-refractivity contribution >= 4 is 5.78 Å². The molecule has 0 unspecified atom stereocenters. The first-order valence-corrected chi connectivity index (χ1v) is 7.50. The van der Waals surface area contributed by atoms with Gasteiger partial charge in [-0.25, -0.2) is 0 Å². The summed E-state index contributed by atoms with van der Waals surface area (Å²) in [5.41, 5.74) is 2.17. The molecular weight excluding hydrogens is 268 g/mol. The second kappa shape index (κ2) is 8.50. The van der Waals surface area contributed by atoms with Gasteiger partial charge in [-0.05, 0) is 36.6 Å². The fourth-order valence-corrected chi connectivity index (χ4v) is 1.93. The zero-order valence-corrected chi connectivity index (χ0v) is 12.7. The minimum Gasteiger partial charge on any atom is -0.279 e. The molecule has 22 heavy (non-hydrogen) atoms. The topological polar surface area (TPSA) is 17.1 Å². The molecule has 0 saturated carbocycles. The van der Waals surface area contributed by atoms with Gasteiger partial charge in [-0.2, -0.15) is 0 Å². The summed E-state index contributed by atoms with van der Waals surface area (Å²) in [4.78, 5) is 12.3. The van der Waals surface area contributed by atoms with Crippen LogP contribution in [0.2, 0.25) is 0 Å². The van der Waals surface area contributed by atoms with Crippen molar-refractivity contribution in [1.82, 2.24) is 0 Å². The Kier molecular flexibility index (Phi) is 6.03. The van der Waals surface area contributed by atoms with Crippen LogP contribution in [0.15, 0.2) is 54.6 Å². The van der Waals surface area contributed by atoms with Crippen molar-refractivity contribution in [3.8, 4) is 23.7 Å². The molecule has 0 bridgehead atoms. The van der Waals surface area contributed by atoms with Crippen LogP contribution in [0.1, 0.15) is 47.7 Å². The van der Waals surface area contributed by atoms with Gasteiger partial charge < -0.3 is 0 Å². The smallest absolute Gasteiger partial charge is 0.237 e. The number of unbranched alkanes of at least 4 members (excludes halogenated alkanes) is 2. The van der Waals surface area contributed by atoms with Crippen molar-refractivity contribution < 1.29 is 4.79 Å². The first kappa shape index (κ1) is 15.6. The predicted molar refractivity (Wildman–Crippen MR) is 90.5 cm³/mol. The number of hydrogen-bond donors (Lipinski definition) is 0. The zero-order chi connectivity index (χ0) is 15.6. The highest BCUT2D eigenvalue weighted by molar-refractivity contribution is 6.10. The predicted octanol–water partition coefficient (Wildman–Crippen LogP) is 4.46. The van der Waals surface area contributed by atoms with Crippen molar-refractivity contribution in [3.05, 3.63) is 71.3 Å². The highest BCUT2D eigenvalue weighted by Crippen LogP contribution is 2.08. The Morgan fingerprint density at radius 2 is 1.68 bits per heavy atom. The van der Waals surface area contributed by atoms with Crippen molar-refractivity contribution in [1.29, 1.82) is 0 Å². The van der Waals surface area contributed by atoms with Gasteiger partial charge in [0.25, 0.3) is 0 Å². The number of benzene rings is 2. The molecule has 0 spiro atoms. The van der Waals surface area contributed by atoms with Crippen LogP contribution >= 0.6 is 0 Å². The van der Waals surface area contributed by atoms with E-state index < -0.39 is 0 Å². The van der Waals surface area contributed by atoms with Crippen LogP contribution in [-0.4, -0.2) is 5.78 Å². The molecular formula is C21H18O. The molecule has 0 amide bonds. The highest BCUT2D eigenvalue weighted by atomic mass is 16.1. The van der Waals surface area contributed by atoms with Crippen LogP contribution in [0.5, 0.6) is 0 Å². The number of carbonyl (C=O) groups excluding carboxylic acids is 1. The molecule has 0 fully saturated rings. The maximum absolute atomic E-state index is 12.3. The largest absolute Gasteiger partial charge is 0.279 e. The first-order valence-electron chi connectivity index (χ1n) is 7.50. The van der Waals surface area contributed by atoms with Crippen molar-refractivity contribution in [2.24, 2.45) is 0 Å². The van der Waals surface area contributed by atoms with E-state index in [-0.39, 0.29) is 5.78 Å². The van der Waals surface area contributed by atoms with E-state index in [9.17, 15) is 4.79 Å². The van der Waals surface area contributed by atoms with Crippen LogP contribution in [0, 0.1) is 23.7 Å². The van der Waals surface area contributed by atoms with E-state index in [1.165, 1.54) is 0 Å². The summed E-state index contributed by atoms with van der Waals surface area (Å²) < 4.78 is 0. The molecule has 0 radical (unpaired) electrons. The Morgan fingerprint density at radius 1 is 0.955 bits per heavy atom. The van der Waals surface area contributed by atoms with Gasteiger partial charge in [0.15, 0.2) is 0 Å². The normalized spacial score (nSPS) is 9.14. The molecule has 2 aromatic rings. The van der Waals surface area contributed by atoms with Gasteiger partial charge in [-0.3, -0.25) is 4.79 Å². The molecule has 0 N–H and O–H groups in total. The van der Waals surface area contributed by atoms with Crippen molar-refractivity contribution in [2.45, 2.75) is 26.2 Å². The third-order valence-electron chi connectivity index (χ3n) is 3.14. The van der Waals surface area contributed by atoms with E-state index in [0.29, 0.717) is 5.56 Å². The van der Waals surface area contributed by atoms with Gasteiger partial charge in [0.1, 0.15) is 0 Å². The van der Waals surface area contributed by atoms with E-state index >= 15 is 0 Å². The number of ketones is 1. The summed E-state index contributed by atoms with van der Waals surface area (Å²) in [6.07, 6.45) is 3.06. The second-order valence-corrected chi connectivity index (χ2v) is 4.90. The molecule has 0 aliphatic heterocycles. The first-order chi connectivity index (χ1) is 10.8.